The predicted molar refractivity (Wildman–Crippen MR) is 58.9 cm³/mol. The van der Waals surface area contributed by atoms with Crippen LogP contribution in [-0.4, -0.2) is 0 Å². The van der Waals surface area contributed by atoms with E-state index < -0.39 is 6.08 Å². The molecular weight excluding hydrogens is 194 g/mol. The van der Waals surface area contributed by atoms with E-state index in [9.17, 15) is 8.78 Å². The molecule has 0 atom stereocenters. The largest absolute Gasteiger partial charge is 0.266 e. The van der Waals surface area contributed by atoms with Gasteiger partial charge >= 0.3 is 0 Å². The molecule has 0 aliphatic heterocycles. The van der Waals surface area contributed by atoms with Gasteiger partial charge in [0.25, 0.3) is 6.08 Å². The van der Waals surface area contributed by atoms with Gasteiger partial charge in [0, 0.05) is 0 Å². The third kappa shape index (κ3) is 6.00. The molecule has 0 bridgehead atoms. The molecular formula is C13H16F2. The monoisotopic (exact) mass is 210 g/mol. The van der Waals surface area contributed by atoms with E-state index in [2.05, 4.69) is 12.1 Å². The first-order chi connectivity index (χ1) is 7.29. The second-order valence-corrected chi connectivity index (χ2v) is 3.58. The molecule has 0 spiro atoms. The quantitative estimate of drug-likeness (QED) is 0.603. The van der Waals surface area contributed by atoms with Gasteiger partial charge in [0.15, 0.2) is 0 Å². The number of aryl methyl sites for hydroxylation is 1. The lowest BCUT2D eigenvalue weighted by Crippen LogP contribution is -1.84. The fraction of sp³-hybridized carbons (Fsp3) is 0.385. The van der Waals surface area contributed by atoms with Crippen molar-refractivity contribution in [2.45, 2.75) is 32.1 Å². The molecule has 0 fully saturated rings. The molecule has 15 heavy (non-hydrogen) atoms. The Kier molecular flexibility index (Phi) is 5.67. The standard InChI is InChI=1S/C13H16F2/c14-13(15)11-7-2-1-4-8-12-9-5-3-6-10-12/h3,5-6,9-11H,1-2,4,7-8H2. The normalized spacial score (nSPS) is 10.0. The van der Waals surface area contributed by atoms with Crippen LogP contribution in [-0.2, 0) is 6.42 Å². The molecule has 0 N–H and O–H groups in total. The average molecular weight is 210 g/mol. The van der Waals surface area contributed by atoms with E-state index in [0.29, 0.717) is 6.42 Å². The maximum atomic E-state index is 11.7. The van der Waals surface area contributed by atoms with Crippen LogP contribution >= 0.6 is 0 Å². The summed E-state index contributed by atoms with van der Waals surface area (Å²) in [6.07, 6.45) is 3.93. The number of hydrogen-bond acceptors (Lipinski definition) is 0. The van der Waals surface area contributed by atoms with E-state index in [-0.39, 0.29) is 0 Å². The van der Waals surface area contributed by atoms with E-state index in [1.165, 1.54) is 5.56 Å². The van der Waals surface area contributed by atoms with E-state index in [4.69, 9.17) is 0 Å². The third-order valence-electron chi connectivity index (χ3n) is 2.31. The summed E-state index contributed by atoms with van der Waals surface area (Å²) in [5.41, 5.74) is 1.32. The fourth-order valence-electron chi connectivity index (χ4n) is 1.51. The Bertz CT molecular complexity index is 287. The van der Waals surface area contributed by atoms with Gasteiger partial charge in [-0.15, -0.1) is 0 Å². The number of benzene rings is 1. The summed E-state index contributed by atoms with van der Waals surface area (Å²) >= 11 is 0. The molecule has 0 saturated carbocycles. The molecule has 2 heteroatoms. The van der Waals surface area contributed by atoms with Crippen LogP contribution in [0.4, 0.5) is 8.78 Å². The van der Waals surface area contributed by atoms with Gasteiger partial charge in [-0.2, -0.15) is 8.78 Å². The smallest absolute Gasteiger partial charge is 0.174 e. The molecule has 0 aliphatic carbocycles. The molecule has 0 nitrogen and oxygen atoms in total. The summed E-state index contributed by atoms with van der Waals surface area (Å²) in [5, 5.41) is 0. The Morgan fingerprint density at radius 3 is 2.40 bits per heavy atom. The van der Waals surface area contributed by atoms with Gasteiger partial charge in [0.05, 0.1) is 0 Å². The molecule has 0 aliphatic rings. The number of allylic oxidation sites excluding steroid dienone is 1. The van der Waals surface area contributed by atoms with Crippen LogP contribution in [0.2, 0.25) is 0 Å². The minimum Gasteiger partial charge on any atom is -0.174 e. The lowest BCUT2D eigenvalue weighted by atomic mass is 10.1. The van der Waals surface area contributed by atoms with Gasteiger partial charge in [-0.1, -0.05) is 36.8 Å². The molecule has 1 rings (SSSR count). The van der Waals surface area contributed by atoms with Crippen LogP contribution in [0.1, 0.15) is 31.2 Å². The van der Waals surface area contributed by atoms with Crippen LogP contribution in [0.3, 0.4) is 0 Å². The Balaban J connectivity index is 2.05. The minimum atomic E-state index is -1.56. The van der Waals surface area contributed by atoms with Crippen molar-refractivity contribution in [3.63, 3.8) is 0 Å². The van der Waals surface area contributed by atoms with Crippen molar-refractivity contribution in [3.8, 4) is 0 Å². The highest BCUT2D eigenvalue weighted by Gasteiger charge is 1.93. The van der Waals surface area contributed by atoms with Crippen molar-refractivity contribution in [1.29, 1.82) is 0 Å². The van der Waals surface area contributed by atoms with E-state index >= 15 is 0 Å². The van der Waals surface area contributed by atoms with Crippen LogP contribution in [0.25, 0.3) is 0 Å². The topological polar surface area (TPSA) is 0 Å². The Labute approximate surface area is 89.6 Å². The van der Waals surface area contributed by atoms with Gasteiger partial charge in [0.1, 0.15) is 0 Å². The van der Waals surface area contributed by atoms with Gasteiger partial charge < -0.3 is 0 Å². The molecule has 0 amide bonds. The minimum absolute atomic E-state index is 0.497. The first kappa shape index (κ1) is 11.9. The van der Waals surface area contributed by atoms with Crippen molar-refractivity contribution in [1.82, 2.24) is 0 Å². The molecule has 82 valence electrons. The SMILES string of the molecule is FC(F)=CCCCCCc1ccccc1. The van der Waals surface area contributed by atoms with Crippen LogP contribution in [0.15, 0.2) is 42.5 Å². The van der Waals surface area contributed by atoms with Crippen molar-refractivity contribution in [3.05, 3.63) is 48.1 Å². The van der Waals surface area contributed by atoms with Crippen molar-refractivity contribution < 1.29 is 8.78 Å². The van der Waals surface area contributed by atoms with Gasteiger partial charge in [-0.25, -0.2) is 0 Å². The summed E-state index contributed by atoms with van der Waals surface area (Å²) in [6, 6.07) is 10.2. The molecule has 0 radical (unpaired) electrons. The van der Waals surface area contributed by atoms with Gasteiger partial charge in [-0.3, -0.25) is 0 Å². The summed E-state index contributed by atoms with van der Waals surface area (Å²) in [7, 11) is 0. The zero-order chi connectivity index (χ0) is 10.9. The lowest BCUT2D eigenvalue weighted by Gasteiger charge is -1.99. The van der Waals surface area contributed by atoms with E-state index in [1.807, 2.05) is 18.2 Å². The Morgan fingerprint density at radius 1 is 1.00 bits per heavy atom. The highest BCUT2D eigenvalue weighted by atomic mass is 19.3. The maximum absolute atomic E-state index is 11.7. The molecule has 1 aromatic carbocycles. The first-order valence-corrected chi connectivity index (χ1v) is 5.34. The second kappa shape index (κ2) is 7.16. The Morgan fingerprint density at radius 2 is 1.73 bits per heavy atom. The Hall–Kier alpha value is -1.18. The van der Waals surface area contributed by atoms with Crippen LogP contribution in [0, 0.1) is 0 Å². The molecule has 0 aromatic heterocycles. The fourth-order valence-corrected chi connectivity index (χ4v) is 1.51. The van der Waals surface area contributed by atoms with E-state index in [1.54, 1.807) is 0 Å². The number of rotatable bonds is 6. The van der Waals surface area contributed by atoms with E-state index in [0.717, 1.165) is 31.8 Å². The maximum Gasteiger partial charge on any atom is 0.266 e. The third-order valence-corrected chi connectivity index (χ3v) is 2.31. The van der Waals surface area contributed by atoms with Crippen molar-refractivity contribution in [2.24, 2.45) is 0 Å². The second-order valence-electron chi connectivity index (χ2n) is 3.58. The summed E-state index contributed by atoms with van der Waals surface area (Å²) in [6.45, 7) is 0. The predicted octanol–water partition coefficient (Wildman–Crippen LogP) is 4.57. The van der Waals surface area contributed by atoms with Gasteiger partial charge in [-0.05, 0) is 37.3 Å². The average Bonchev–Trinajstić information content (AvgIpc) is 2.24. The highest BCUT2D eigenvalue weighted by Crippen LogP contribution is 2.09. The number of unbranched alkanes of at least 4 members (excludes halogenated alkanes) is 3. The molecule has 0 unspecified atom stereocenters. The first-order valence-electron chi connectivity index (χ1n) is 5.34. The summed E-state index contributed by atoms with van der Waals surface area (Å²) < 4.78 is 23.3. The summed E-state index contributed by atoms with van der Waals surface area (Å²) in [4.78, 5) is 0. The summed E-state index contributed by atoms with van der Waals surface area (Å²) in [5.74, 6) is 0. The zero-order valence-electron chi connectivity index (χ0n) is 8.76. The molecule has 0 heterocycles. The van der Waals surface area contributed by atoms with Crippen LogP contribution in [0.5, 0.6) is 0 Å². The number of hydrogen-bond donors (Lipinski definition) is 0. The van der Waals surface area contributed by atoms with Crippen molar-refractivity contribution in [2.75, 3.05) is 0 Å². The number of halogens is 2. The highest BCUT2D eigenvalue weighted by molar-refractivity contribution is 5.14. The van der Waals surface area contributed by atoms with Crippen molar-refractivity contribution >= 4 is 0 Å². The van der Waals surface area contributed by atoms with Crippen LogP contribution < -0.4 is 0 Å². The lowest BCUT2D eigenvalue weighted by molar-refractivity contribution is 0.416. The van der Waals surface area contributed by atoms with Gasteiger partial charge in [0.2, 0.25) is 0 Å². The zero-order valence-corrected chi connectivity index (χ0v) is 8.76. The molecule has 1 aromatic rings. The molecule has 0 saturated heterocycles.